The summed E-state index contributed by atoms with van der Waals surface area (Å²) in [5.41, 5.74) is 7.14. The first-order valence-corrected chi connectivity index (χ1v) is 7.34. The molecule has 2 N–H and O–H groups in total. The van der Waals surface area contributed by atoms with Gasteiger partial charge in [-0.25, -0.2) is 0 Å². The maximum absolute atomic E-state index is 11.5. The van der Waals surface area contributed by atoms with Gasteiger partial charge in [0.25, 0.3) is 0 Å². The van der Waals surface area contributed by atoms with Crippen LogP contribution in [0.4, 0.5) is 0 Å². The Morgan fingerprint density at radius 1 is 1.37 bits per heavy atom. The summed E-state index contributed by atoms with van der Waals surface area (Å²) in [4.78, 5) is 12.6. The molecule has 0 aliphatic rings. The molecular formula is C15H23NO2S. The average molecular weight is 281 g/mol. The van der Waals surface area contributed by atoms with Gasteiger partial charge >= 0.3 is 5.97 Å². The van der Waals surface area contributed by atoms with Crippen LogP contribution in [0.5, 0.6) is 0 Å². The molecule has 4 heteroatoms. The summed E-state index contributed by atoms with van der Waals surface area (Å²) in [7, 11) is 0. The van der Waals surface area contributed by atoms with E-state index >= 15 is 0 Å². The Kier molecular flexibility index (Phi) is 5.88. The second kappa shape index (κ2) is 6.96. The van der Waals surface area contributed by atoms with E-state index in [4.69, 9.17) is 10.5 Å². The molecule has 1 aromatic rings. The predicted molar refractivity (Wildman–Crippen MR) is 80.2 cm³/mol. The molecule has 0 radical (unpaired) electrons. The summed E-state index contributed by atoms with van der Waals surface area (Å²) in [5, 5.41) is 0. The third kappa shape index (κ3) is 5.66. The molecule has 1 aromatic carbocycles. The molecule has 0 saturated carbocycles. The van der Waals surface area contributed by atoms with E-state index in [1.807, 2.05) is 18.2 Å². The maximum atomic E-state index is 11.5. The molecule has 0 amide bonds. The molecule has 19 heavy (non-hydrogen) atoms. The van der Waals surface area contributed by atoms with E-state index in [1.165, 1.54) is 0 Å². The SMILES string of the molecule is CCOC(=O)C[C@H](N)c1ccccc1SC(C)(C)C. The topological polar surface area (TPSA) is 52.3 Å². The van der Waals surface area contributed by atoms with Gasteiger partial charge in [-0.1, -0.05) is 39.0 Å². The standard InChI is InChI=1S/C15H23NO2S/c1-5-18-14(17)10-12(16)11-8-6-7-9-13(11)19-15(2,3)4/h6-9,12H,5,10,16H2,1-4H3/t12-/m0/s1. The van der Waals surface area contributed by atoms with E-state index < -0.39 is 0 Å². The van der Waals surface area contributed by atoms with Gasteiger partial charge in [0.1, 0.15) is 0 Å². The van der Waals surface area contributed by atoms with Crippen LogP contribution in [-0.2, 0) is 9.53 Å². The molecular weight excluding hydrogens is 258 g/mol. The normalized spacial score (nSPS) is 13.1. The van der Waals surface area contributed by atoms with Crippen LogP contribution in [0, 0.1) is 0 Å². The minimum absolute atomic E-state index is 0.111. The maximum Gasteiger partial charge on any atom is 0.307 e. The van der Waals surface area contributed by atoms with Gasteiger partial charge in [0, 0.05) is 15.7 Å². The fourth-order valence-corrected chi connectivity index (χ4v) is 2.86. The number of rotatable bonds is 5. The van der Waals surface area contributed by atoms with Crippen molar-refractivity contribution >= 4 is 17.7 Å². The van der Waals surface area contributed by atoms with Gasteiger partial charge in [-0.05, 0) is 18.6 Å². The van der Waals surface area contributed by atoms with Gasteiger partial charge in [-0.3, -0.25) is 4.79 Å². The minimum Gasteiger partial charge on any atom is -0.466 e. The molecule has 0 aliphatic carbocycles. The second-order valence-electron chi connectivity index (χ2n) is 5.37. The molecule has 0 spiro atoms. The predicted octanol–water partition coefficient (Wildman–Crippen LogP) is 3.53. The number of esters is 1. The number of nitrogens with two attached hydrogens (primary N) is 1. The van der Waals surface area contributed by atoms with Crippen molar-refractivity contribution in [1.29, 1.82) is 0 Å². The van der Waals surface area contributed by atoms with E-state index in [9.17, 15) is 4.79 Å². The summed E-state index contributed by atoms with van der Waals surface area (Å²) in [5.74, 6) is -0.245. The highest BCUT2D eigenvalue weighted by Gasteiger charge is 2.19. The van der Waals surface area contributed by atoms with Crippen molar-refractivity contribution in [3.8, 4) is 0 Å². The van der Waals surface area contributed by atoms with Gasteiger partial charge in [0.15, 0.2) is 0 Å². The third-order valence-electron chi connectivity index (χ3n) is 2.43. The summed E-state index contributed by atoms with van der Waals surface area (Å²) in [6, 6.07) is 7.67. The quantitative estimate of drug-likeness (QED) is 0.662. The van der Waals surface area contributed by atoms with Gasteiger partial charge in [0.05, 0.1) is 13.0 Å². The largest absolute Gasteiger partial charge is 0.466 e. The summed E-state index contributed by atoms with van der Waals surface area (Å²) in [6.45, 7) is 8.67. The summed E-state index contributed by atoms with van der Waals surface area (Å²) >= 11 is 1.76. The van der Waals surface area contributed by atoms with Crippen molar-refractivity contribution in [3.63, 3.8) is 0 Å². The molecule has 0 unspecified atom stereocenters. The van der Waals surface area contributed by atoms with Crippen LogP contribution in [0.3, 0.4) is 0 Å². The van der Waals surface area contributed by atoms with Crippen LogP contribution in [-0.4, -0.2) is 17.3 Å². The molecule has 0 aromatic heterocycles. The van der Waals surface area contributed by atoms with Crippen LogP contribution >= 0.6 is 11.8 Å². The van der Waals surface area contributed by atoms with Gasteiger partial charge in [0.2, 0.25) is 0 Å². The first-order chi connectivity index (χ1) is 8.83. The molecule has 0 aliphatic heterocycles. The number of ether oxygens (including phenoxy) is 1. The van der Waals surface area contributed by atoms with E-state index in [2.05, 4.69) is 26.8 Å². The van der Waals surface area contributed by atoms with Crippen molar-refractivity contribution in [2.75, 3.05) is 6.61 Å². The van der Waals surface area contributed by atoms with Gasteiger partial charge in [-0.2, -0.15) is 0 Å². The smallest absolute Gasteiger partial charge is 0.307 e. The first-order valence-electron chi connectivity index (χ1n) is 6.52. The summed E-state index contributed by atoms with van der Waals surface area (Å²) < 4.78 is 5.06. The highest BCUT2D eigenvalue weighted by molar-refractivity contribution is 8.00. The van der Waals surface area contributed by atoms with Crippen molar-refractivity contribution in [3.05, 3.63) is 29.8 Å². The third-order valence-corrected chi connectivity index (χ3v) is 3.63. The number of hydrogen-bond donors (Lipinski definition) is 1. The lowest BCUT2D eigenvalue weighted by Gasteiger charge is -2.22. The highest BCUT2D eigenvalue weighted by atomic mass is 32.2. The van der Waals surface area contributed by atoms with E-state index in [-0.39, 0.29) is 23.2 Å². The zero-order valence-electron chi connectivity index (χ0n) is 12.1. The van der Waals surface area contributed by atoms with E-state index in [0.717, 1.165) is 10.5 Å². The Bertz CT molecular complexity index is 426. The minimum atomic E-state index is -0.315. The molecule has 0 saturated heterocycles. The van der Waals surface area contributed by atoms with E-state index in [1.54, 1.807) is 18.7 Å². The Morgan fingerprint density at radius 3 is 2.58 bits per heavy atom. The van der Waals surface area contributed by atoms with Gasteiger partial charge < -0.3 is 10.5 Å². The molecule has 1 rings (SSSR count). The molecule has 106 valence electrons. The molecule has 0 fully saturated rings. The Balaban J connectivity index is 2.84. The number of benzene rings is 1. The second-order valence-corrected chi connectivity index (χ2v) is 7.24. The number of thioether (sulfide) groups is 1. The van der Waals surface area contributed by atoms with Crippen molar-refractivity contribution in [2.24, 2.45) is 5.73 Å². The fourth-order valence-electron chi connectivity index (χ4n) is 1.72. The number of carbonyl (C=O) groups is 1. The molecule has 0 heterocycles. The monoisotopic (exact) mass is 281 g/mol. The Morgan fingerprint density at radius 2 is 2.00 bits per heavy atom. The molecule has 1 atom stereocenters. The first kappa shape index (κ1) is 16.1. The lowest BCUT2D eigenvalue weighted by Crippen LogP contribution is -2.18. The van der Waals surface area contributed by atoms with Crippen LogP contribution < -0.4 is 5.73 Å². The fraction of sp³-hybridized carbons (Fsp3) is 0.533. The van der Waals surface area contributed by atoms with Crippen LogP contribution in [0.2, 0.25) is 0 Å². The van der Waals surface area contributed by atoms with Crippen molar-refractivity contribution < 1.29 is 9.53 Å². The molecule has 0 bridgehead atoms. The van der Waals surface area contributed by atoms with Crippen LogP contribution in [0.25, 0.3) is 0 Å². The number of hydrogen-bond acceptors (Lipinski definition) is 4. The Labute approximate surface area is 119 Å². The zero-order valence-corrected chi connectivity index (χ0v) is 12.9. The number of carbonyl (C=O) groups excluding carboxylic acids is 1. The van der Waals surface area contributed by atoms with Crippen molar-refractivity contribution in [2.45, 2.75) is 49.8 Å². The lowest BCUT2D eigenvalue weighted by atomic mass is 10.1. The van der Waals surface area contributed by atoms with Crippen LogP contribution in [0.15, 0.2) is 29.2 Å². The Hall–Kier alpha value is -1.00. The van der Waals surface area contributed by atoms with Gasteiger partial charge in [-0.15, -0.1) is 11.8 Å². The van der Waals surface area contributed by atoms with Crippen molar-refractivity contribution in [1.82, 2.24) is 0 Å². The average Bonchev–Trinajstić information content (AvgIpc) is 2.27. The lowest BCUT2D eigenvalue weighted by molar-refractivity contribution is -0.143. The highest BCUT2D eigenvalue weighted by Crippen LogP contribution is 2.36. The van der Waals surface area contributed by atoms with Crippen LogP contribution in [0.1, 0.15) is 45.7 Å². The van der Waals surface area contributed by atoms with E-state index in [0.29, 0.717) is 6.61 Å². The molecule has 3 nitrogen and oxygen atoms in total. The zero-order chi connectivity index (χ0) is 14.5. The summed E-state index contributed by atoms with van der Waals surface area (Å²) in [6.07, 6.45) is 0.218.